The maximum Gasteiger partial charge on any atom is 0.333 e. The van der Waals surface area contributed by atoms with E-state index in [1.165, 1.54) is 12.4 Å². The second kappa shape index (κ2) is 5.75. The summed E-state index contributed by atoms with van der Waals surface area (Å²) in [7, 11) is 0. The van der Waals surface area contributed by atoms with Gasteiger partial charge in [0.2, 0.25) is 0 Å². The number of hydrogen-bond donors (Lipinski definition) is 1. The summed E-state index contributed by atoms with van der Waals surface area (Å²) >= 11 is 0. The maximum atomic E-state index is 12.4. The summed E-state index contributed by atoms with van der Waals surface area (Å²) in [6.07, 6.45) is 2.74. The molecule has 0 atom stereocenters. The van der Waals surface area contributed by atoms with Gasteiger partial charge in [0.25, 0.3) is 0 Å². The molecule has 0 aliphatic heterocycles. The summed E-state index contributed by atoms with van der Waals surface area (Å²) in [6.45, 7) is -2.24. The van der Waals surface area contributed by atoms with Gasteiger partial charge in [-0.25, -0.2) is 4.68 Å². The quantitative estimate of drug-likeness (QED) is 0.921. The Morgan fingerprint density at radius 3 is 2.59 bits per heavy atom. The predicted octanol–water partition coefficient (Wildman–Crippen LogP) is 2.83. The molecule has 3 nitrogen and oxygen atoms in total. The summed E-state index contributed by atoms with van der Waals surface area (Å²) < 4.78 is 25.3. The van der Waals surface area contributed by atoms with E-state index in [1.54, 1.807) is 0 Å². The molecule has 1 aromatic carbocycles. The minimum absolute atomic E-state index is 0. The number of hydrogen-bond acceptors (Lipinski definition) is 2. The second-order valence-corrected chi connectivity index (χ2v) is 3.35. The Labute approximate surface area is 104 Å². The maximum absolute atomic E-state index is 12.4. The van der Waals surface area contributed by atoms with Crippen molar-refractivity contribution in [2.45, 2.75) is 13.1 Å². The largest absolute Gasteiger partial charge is 0.333 e. The predicted molar refractivity (Wildman–Crippen MR) is 64.1 cm³/mol. The molecule has 0 bridgehead atoms. The molecule has 0 saturated carbocycles. The van der Waals surface area contributed by atoms with Crippen LogP contribution in [-0.4, -0.2) is 9.78 Å². The molecule has 0 fully saturated rings. The Morgan fingerprint density at radius 2 is 2.00 bits per heavy atom. The van der Waals surface area contributed by atoms with Crippen LogP contribution >= 0.6 is 12.4 Å². The van der Waals surface area contributed by atoms with Gasteiger partial charge in [-0.1, -0.05) is 24.3 Å². The van der Waals surface area contributed by atoms with Crippen LogP contribution in [0.25, 0.3) is 11.1 Å². The average Bonchev–Trinajstić information content (AvgIpc) is 2.78. The summed E-state index contributed by atoms with van der Waals surface area (Å²) in [5.41, 5.74) is 7.99. The molecule has 17 heavy (non-hydrogen) atoms. The Balaban J connectivity index is 0.00000144. The summed E-state index contributed by atoms with van der Waals surface area (Å²) in [4.78, 5) is 0. The van der Waals surface area contributed by atoms with Gasteiger partial charge in [0, 0.05) is 18.3 Å². The second-order valence-electron chi connectivity index (χ2n) is 3.35. The van der Waals surface area contributed by atoms with Crippen LogP contribution in [-0.2, 0) is 6.54 Å². The van der Waals surface area contributed by atoms with Crippen LogP contribution in [0.15, 0.2) is 36.7 Å². The summed E-state index contributed by atoms with van der Waals surface area (Å²) in [5, 5.41) is 3.59. The van der Waals surface area contributed by atoms with Crippen LogP contribution < -0.4 is 5.73 Å². The van der Waals surface area contributed by atoms with E-state index in [1.807, 2.05) is 24.3 Å². The van der Waals surface area contributed by atoms with Crippen molar-refractivity contribution in [1.29, 1.82) is 0 Å². The molecule has 2 N–H and O–H groups in total. The standard InChI is InChI=1S/C11H11F2N3.ClH/c12-11(13)16-7-9(6-15-16)10-4-2-1-3-8(10)5-14;/h1-4,6-7,11H,5,14H2;1H. The molecule has 0 spiro atoms. The highest BCUT2D eigenvalue weighted by Gasteiger charge is 2.10. The van der Waals surface area contributed by atoms with E-state index in [9.17, 15) is 8.78 Å². The first-order valence-electron chi connectivity index (χ1n) is 4.83. The van der Waals surface area contributed by atoms with E-state index >= 15 is 0 Å². The first-order chi connectivity index (χ1) is 7.72. The zero-order valence-electron chi connectivity index (χ0n) is 8.88. The Kier molecular flexibility index (Phi) is 4.60. The van der Waals surface area contributed by atoms with Gasteiger partial charge in [0.1, 0.15) is 0 Å². The molecule has 0 saturated heterocycles. The monoisotopic (exact) mass is 259 g/mol. The minimum atomic E-state index is -2.61. The fourth-order valence-corrected chi connectivity index (χ4v) is 1.56. The van der Waals surface area contributed by atoms with Crippen LogP contribution in [0, 0.1) is 0 Å². The fraction of sp³-hybridized carbons (Fsp3) is 0.182. The highest BCUT2D eigenvalue weighted by Crippen LogP contribution is 2.24. The lowest BCUT2D eigenvalue weighted by Gasteiger charge is -2.04. The summed E-state index contributed by atoms with van der Waals surface area (Å²) in [6, 6.07) is 7.42. The van der Waals surface area contributed by atoms with Crippen molar-refractivity contribution in [2.75, 3.05) is 0 Å². The Bertz CT molecular complexity index is 485. The van der Waals surface area contributed by atoms with Crippen molar-refractivity contribution in [3.63, 3.8) is 0 Å². The topological polar surface area (TPSA) is 43.8 Å². The lowest BCUT2D eigenvalue weighted by Crippen LogP contribution is -1.98. The molecular weight excluding hydrogens is 248 g/mol. The number of halogens is 3. The third kappa shape index (κ3) is 2.81. The molecule has 2 aromatic rings. The van der Waals surface area contributed by atoms with Gasteiger partial charge in [0.05, 0.1) is 6.20 Å². The van der Waals surface area contributed by atoms with Crippen molar-refractivity contribution < 1.29 is 8.78 Å². The van der Waals surface area contributed by atoms with E-state index in [2.05, 4.69) is 5.10 Å². The van der Waals surface area contributed by atoms with Gasteiger partial charge < -0.3 is 5.73 Å². The van der Waals surface area contributed by atoms with Gasteiger partial charge in [-0.2, -0.15) is 13.9 Å². The molecule has 2 rings (SSSR count). The molecule has 1 heterocycles. The van der Waals surface area contributed by atoms with Crippen LogP contribution in [0.4, 0.5) is 8.78 Å². The number of nitrogens with zero attached hydrogens (tertiary/aromatic N) is 2. The van der Waals surface area contributed by atoms with E-state index in [4.69, 9.17) is 5.73 Å². The Hall–Kier alpha value is -1.46. The van der Waals surface area contributed by atoms with Crippen LogP contribution in [0.1, 0.15) is 12.1 Å². The zero-order chi connectivity index (χ0) is 11.5. The molecule has 0 radical (unpaired) electrons. The van der Waals surface area contributed by atoms with Gasteiger partial charge in [-0.15, -0.1) is 12.4 Å². The number of alkyl halides is 2. The smallest absolute Gasteiger partial charge is 0.326 e. The number of aromatic nitrogens is 2. The van der Waals surface area contributed by atoms with E-state index in [0.717, 1.165) is 11.1 Å². The first-order valence-corrected chi connectivity index (χ1v) is 4.83. The van der Waals surface area contributed by atoms with E-state index < -0.39 is 6.55 Å². The molecular formula is C11H12ClF2N3. The molecule has 92 valence electrons. The van der Waals surface area contributed by atoms with Crippen molar-refractivity contribution >= 4 is 12.4 Å². The van der Waals surface area contributed by atoms with Gasteiger partial charge in [-0.05, 0) is 11.1 Å². The first kappa shape index (κ1) is 13.6. The third-order valence-corrected chi connectivity index (χ3v) is 2.35. The van der Waals surface area contributed by atoms with Gasteiger partial charge >= 0.3 is 6.55 Å². The van der Waals surface area contributed by atoms with Crippen LogP contribution in [0.2, 0.25) is 0 Å². The lowest BCUT2D eigenvalue weighted by molar-refractivity contribution is 0.0566. The summed E-state index contributed by atoms with van der Waals surface area (Å²) in [5.74, 6) is 0. The average molecular weight is 260 g/mol. The molecule has 0 unspecified atom stereocenters. The van der Waals surface area contributed by atoms with Crippen LogP contribution in [0.5, 0.6) is 0 Å². The zero-order valence-corrected chi connectivity index (χ0v) is 9.70. The number of nitrogens with two attached hydrogens (primary N) is 1. The third-order valence-electron chi connectivity index (χ3n) is 2.35. The van der Waals surface area contributed by atoms with Crippen LogP contribution in [0.3, 0.4) is 0 Å². The number of rotatable bonds is 3. The van der Waals surface area contributed by atoms with Crippen molar-refractivity contribution in [1.82, 2.24) is 9.78 Å². The van der Waals surface area contributed by atoms with Crippen molar-refractivity contribution in [3.8, 4) is 11.1 Å². The molecule has 6 heteroatoms. The molecule has 1 aromatic heterocycles. The van der Waals surface area contributed by atoms with Gasteiger partial charge in [0.15, 0.2) is 0 Å². The number of benzene rings is 1. The highest BCUT2D eigenvalue weighted by atomic mass is 35.5. The van der Waals surface area contributed by atoms with E-state index in [0.29, 0.717) is 16.8 Å². The molecule has 0 aliphatic rings. The SMILES string of the molecule is Cl.NCc1ccccc1-c1cnn(C(F)F)c1. The fourth-order valence-electron chi connectivity index (χ4n) is 1.56. The minimum Gasteiger partial charge on any atom is -0.326 e. The molecule has 0 amide bonds. The molecule has 0 aliphatic carbocycles. The van der Waals surface area contributed by atoms with Gasteiger partial charge in [-0.3, -0.25) is 0 Å². The van der Waals surface area contributed by atoms with E-state index in [-0.39, 0.29) is 12.4 Å². The Morgan fingerprint density at radius 1 is 1.29 bits per heavy atom. The van der Waals surface area contributed by atoms with Crippen molar-refractivity contribution in [2.24, 2.45) is 5.73 Å². The normalized spacial score (nSPS) is 10.4. The van der Waals surface area contributed by atoms with Crippen molar-refractivity contribution in [3.05, 3.63) is 42.2 Å². The highest BCUT2D eigenvalue weighted by molar-refractivity contribution is 5.85. The lowest BCUT2D eigenvalue weighted by atomic mass is 10.0.